The molecule has 2 heterocycles. The Morgan fingerprint density at radius 2 is 2.21 bits per heavy atom. The van der Waals surface area contributed by atoms with Crippen LogP contribution < -0.4 is 5.56 Å². The second-order valence-electron chi connectivity index (χ2n) is 3.27. The highest BCUT2D eigenvalue weighted by Crippen LogP contribution is 2.10. The molecule has 0 aliphatic rings. The summed E-state index contributed by atoms with van der Waals surface area (Å²) in [7, 11) is 1.75. The van der Waals surface area contributed by atoms with Crippen LogP contribution in [-0.2, 0) is 13.5 Å². The first-order chi connectivity index (χ1) is 6.63. The van der Waals surface area contributed by atoms with Crippen molar-refractivity contribution in [2.45, 2.75) is 20.3 Å². The second kappa shape index (κ2) is 2.94. The molecule has 0 saturated carbocycles. The van der Waals surface area contributed by atoms with Gasteiger partial charge in [-0.05, 0) is 6.92 Å². The number of hydrogen-bond donors (Lipinski definition) is 1. The highest BCUT2D eigenvalue weighted by molar-refractivity contribution is 5.76. The van der Waals surface area contributed by atoms with Gasteiger partial charge in [0, 0.05) is 13.5 Å². The predicted molar refractivity (Wildman–Crippen MR) is 53.2 cm³/mol. The maximum Gasteiger partial charge on any atom is 0.277 e. The molecule has 14 heavy (non-hydrogen) atoms. The molecular formula is C9H12N4O. The molecule has 2 aromatic rings. The van der Waals surface area contributed by atoms with Gasteiger partial charge < -0.3 is 4.98 Å². The number of aromatic amines is 1. The lowest BCUT2D eigenvalue weighted by Gasteiger charge is -1.96. The fourth-order valence-corrected chi connectivity index (χ4v) is 1.56. The minimum absolute atomic E-state index is 0.116. The van der Waals surface area contributed by atoms with Crippen molar-refractivity contribution in [2.75, 3.05) is 0 Å². The van der Waals surface area contributed by atoms with Crippen LogP contribution in [0.4, 0.5) is 0 Å². The van der Waals surface area contributed by atoms with E-state index in [1.807, 2.05) is 13.8 Å². The lowest BCUT2D eigenvalue weighted by atomic mass is 10.3. The van der Waals surface area contributed by atoms with Gasteiger partial charge in [0.25, 0.3) is 5.56 Å². The first-order valence-corrected chi connectivity index (χ1v) is 4.56. The molecule has 0 spiro atoms. The van der Waals surface area contributed by atoms with Crippen LogP contribution in [0.25, 0.3) is 11.0 Å². The lowest BCUT2D eigenvalue weighted by molar-refractivity contribution is 0.778. The average Bonchev–Trinajstić information content (AvgIpc) is 2.42. The van der Waals surface area contributed by atoms with Gasteiger partial charge in [-0.25, -0.2) is 4.98 Å². The first-order valence-electron chi connectivity index (χ1n) is 4.56. The van der Waals surface area contributed by atoms with E-state index in [2.05, 4.69) is 15.1 Å². The zero-order valence-electron chi connectivity index (χ0n) is 8.46. The SMILES string of the molecule is CCc1nc2c(C)nn(C)c2c(=O)[nH]1. The molecular weight excluding hydrogens is 180 g/mol. The van der Waals surface area contributed by atoms with Gasteiger partial charge in [-0.15, -0.1) is 0 Å². The monoisotopic (exact) mass is 192 g/mol. The fourth-order valence-electron chi connectivity index (χ4n) is 1.56. The average molecular weight is 192 g/mol. The maximum atomic E-state index is 11.6. The number of rotatable bonds is 1. The summed E-state index contributed by atoms with van der Waals surface area (Å²) in [5.74, 6) is 0.707. The van der Waals surface area contributed by atoms with Crippen molar-refractivity contribution in [1.29, 1.82) is 0 Å². The smallest absolute Gasteiger partial charge is 0.277 e. The number of fused-ring (bicyclic) bond motifs is 1. The van der Waals surface area contributed by atoms with E-state index in [4.69, 9.17) is 0 Å². The van der Waals surface area contributed by atoms with Crippen LogP contribution in [0.2, 0.25) is 0 Å². The van der Waals surface area contributed by atoms with Crippen molar-refractivity contribution >= 4 is 11.0 Å². The van der Waals surface area contributed by atoms with Gasteiger partial charge >= 0.3 is 0 Å². The van der Waals surface area contributed by atoms with Crippen molar-refractivity contribution < 1.29 is 0 Å². The van der Waals surface area contributed by atoms with Gasteiger partial charge in [0.2, 0.25) is 0 Å². The Bertz CT molecular complexity index is 537. The summed E-state index contributed by atoms with van der Waals surface area (Å²) in [6.07, 6.45) is 0.722. The molecule has 0 atom stereocenters. The second-order valence-corrected chi connectivity index (χ2v) is 3.27. The van der Waals surface area contributed by atoms with Gasteiger partial charge in [-0.2, -0.15) is 5.10 Å². The van der Waals surface area contributed by atoms with Crippen LogP contribution >= 0.6 is 0 Å². The van der Waals surface area contributed by atoms with E-state index >= 15 is 0 Å². The van der Waals surface area contributed by atoms with E-state index in [0.717, 1.165) is 12.1 Å². The van der Waals surface area contributed by atoms with Gasteiger partial charge in [-0.1, -0.05) is 6.92 Å². The molecule has 0 aliphatic heterocycles. The third-order valence-corrected chi connectivity index (χ3v) is 2.25. The summed E-state index contributed by atoms with van der Waals surface area (Å²) < 4.78 is 1.57. The molecule has 0 bridgehead atoms. The van der Waals surface area contributed by atoms with Crippen molar-refractivity contribution in [3.8, 4) is 0 Å². The standard InChI is InChI=1S/C9H12N4O/c1-4-6-10-7-5(2)12-13(3)8(7)9(14)11-6/h4H2,1-3H3,(H,10,11,14). The molecule has 0 unspecified atom stereocenters. The van der Waals surface area contributed by atoms with Crippen LogP contribution in [0.15, 0.2) is 4.79 Å². The molecule has 2 rings (SSSR count). The number of hydrogen-bond acceptors (Lipinski definition) is 3. The molecule has 0 aromatic carbocycles. The minimum Gasteiger partial charge on any atom is -0.309 e. The Morgan fingerprint density at radius 3 is 2.86 bits per heavy atom. The van der Waals surface area contributed by atoms with Gasteiger partial charge in [0.15, 0.2) is 5.52 Å². The molecule has 0 radical (unpaired) electrons. The van der Waals surface area contributed by atoms with Gasteiger partial charge in [-0.3, -0.25) is 9.48 Å². The lowest BCUT2D eigenvalue weighted by Crippen LogP contribution is -2.13. The van der Waals surface area contributed by atoms with E-state index < -0.39 is 0 Å². The molecule has 2 aromatic heterocycles. The van der Waals surface area contributed by atoms with Crippen LogP contribution in [-0.4, -0.2) is 19.7 Å². The molecule has 5 heteroatoms. The summed E-state index contributed by atoms with van der Waals surface area (Å²) in [4.78, 5) is 18.7. The number of nitrogens with one attached hydrogen (secondary N) is 1. The summed E-state index contributed by atoms with van der Waals surface area (Å²) in [6, 6.07) is 0. The Labute approximate surface area is 80.8 Å². The van der Waals surface area contributed by atoms with E-state index in [0.29, 0.717) is 16.9 Å². The number of nitrogens with zero attached hydrogens (tertiary/aromatic N) is 3. The molecule has 0 saturated heterocycles. The Hall–Kier alpha value is -1.65. The predicted octanol–water partition coefficient (Wildman–Crippen LogP) is 0.527. The Kier molecular flexibility index (Phi) is 1.87. The molecule has 5 nitrogen and oxygen atoms in total. The Balaban J connectivity index is 2.93. The van der Waals surface area contributed by atoms with Crippen LogP contribution in [0.5, 0.6) is 0 Å². The summed E-state index contributed by atoms with van der Waals surface area (Å²) in [5, 5.41) is 4.16. The molecule has 0 fully saturated rings. The summed E-state index contributed by atoms with van der Waals surface area (Å²) in [5.41, 5.74) is 1.92. The Morgan fingerprint density at radius 1 is 1.50 bits per heavy atom. The van der Waals surface area contributed by atoms with Crippen LogP contribution in [0.3, 0.4) is 0 Å². The maximum absolute atomic E-state index is 11.6. The van der Waals surface area contributed by atoms with E-state index in [9.17, 15) is 4.79 Å². The normalized spacial score (nSPS) is 11.1. The van der Waals surface area contributed by atoms with E-state index in [-0.39, 0.29) is 5.56 Å². The van der Waals surface area contributed by atoms with Crippen LogP contribution in [0.1, 0.15) is 18.4 Å². The first kappa shape index (κ1) is 8.93. The molecule has 0 amide bonds. The van der Waals surface area contributed by atoms with Crippen molar-refractivity contribution in [1.82, 2.24) is 19.7 Å². The summed E-state index contributed by atoms with van der Waals surface area (Å²) >= 11 is 0. The zero-order chi connectivity index (χ0) is 10.3. The molecule has 1 N–H and O–H groups in total. The summed E-state index contributed by atoms with van der Waals surface area (Å²) in [6.45, 7) is 3.81. The number of aromatic nitrogens is 4. The highest BCUT2D eigenvalue weighted by Gasteiger charge is 2.10. The van der Waals surface area contributed by atoms with Crippen molar-refractivity contribution in [3.63, 3.8) is 0 Å². The van der Waals surface area contributed by atoms with Crippen molar-refractivity contribution in [2.24, 2.45) is 7.05 Å². The van der Waals surface area contributed by atoms with E-state index in [1.165, 1.54) is 0 Å². The van der Waals surface area contributed by atoms with Gasteiger partial charge in [0.1, 0.15) is 11.3 Å². The topological polar surface area (TPSA) is 63.6 Å². The third kappa shape index (κ3) is 1.13. The van der Waals surface area contributed by atoms with Crippen molar-refractivity contribution in [3.05, 3.63) is 21.9 Å². The van der Waals surface area contributed by atoms with E-state index in [1.54, 1.807) is 11.7 Å². The zero-order valence-corrected chi connectivity index (χ0v) is 8.46. The number of aryl methyl sites for hydroxylation is 3. The quantitative estimate of drug-likeness (QED) is 0.716. The van der Waals surface area contributed by atoms with Crippen LogP contribution in [0, 0.1) is 6.92 Å². The molecule has 74 valence electrons. The molecule has 0 aliphatic carbocycles. The largest absolute Gasteiger partial charge is 0.309 e. The fraction of sp³-hybridized carbons (Fsp3) is 0.444. The minimum atomic E-state index is -0.116. The number of H-pyrrole nitrogens is 1. The van der Waals surface area contributed by atoms with Gasteiger partial charge in [0.05, 0.1) is 5.69 Å². The third-order valence-electron chi connectivity index (χ3n) is 2.25. The highest BCUT2D eigenvalue weighted by atomic mass is 16.1.